The van der Waals surface area contributed by atoms with E-state index in [2.05, 4.69) is 5.32 Å². The quantitative estimate of drug-likeness (QED) is 0.752. The maximum absolute atomic E-state index is 12.4. The van der Waals surface area contributed by atoms with Crippen molar-refractivity contribution in [1.29, 1.82) is 0 Å². The van der Waals surface area contributed by atoms with Gasteiger partial charge in [-0.15, -0.1) is 11.3 Å². The van der Waals surface area contributed by atoms with E-state index in [1.54, 1.807) is 17.0 Å². The Hall–Kier alpha value is -1.93. The lowest BCUT2D eigenvalue weighted by molar-refractivity contribution is -0.155. The van der Waals surface area contributed by atoms with Crippen molar-refractivity contribution in [2.75, 3.05) is 19.6 Å². The normalized spacial score (nSPS) is 26.5. The van der Waals surface area contributed by atoms with Gasteiger partial charge in [-0.05, 0) is 18.4 Å². The third-order valence-corrected chi connectivity index (χ3v) is 4.89. The zero-order valence-electron chi connectivity index (χ0n) is 12.1. The molecule has 2 aliphatic heterocycles. The topological polar surface area (TPSA) is 89.9 Å². The Balaban J connectivity index is 1.75. The average Bonchev–Trinajstić information content (AvgIpc) is 3.03. The molecule has 2 N–H and O–H groups in total. The molecule has 0 aliphatic carbocycles. The van der Waals surface area contributed by atoms with E-state index in [1.165, 1.54) is 23.2 Å². The van der Waals surface area contributed by atoms with E-state index in [1.807, 2.05) is 5.38 Å². The van der Waals surface area contributed by atoms with E-state index in [4.69, 9.17) is 0 Å². The number of hydrogen-bond donors (Lipinski definition) is 2. The van der Waals surface area contributed by atoms with Crippen LogP contribution < -0.4 is 5.32 Å². The van der Waals surface area contributed by atoms with Gasteiger partial charge in [0.15, 0.2) is 0 Å². The Kier molecular flexibility index (Phi) is 3.88. The third-order valence-electron chi connectivity index (χ3n) is 4.03. The molecule has 0 unspecified atom stereocenters. The van der Waals surface area contributed by atoms with Gasteiger partial charge >= 0.3 is 0 Å². The Bertz CT molecular complexity index is 601. The molecule has 3 atom stereocenters. The van der Waals surface area contributed by atoms with Crippen LogP contribution in [0.4, 0.5) is 0 Å². The van der Waals surface area contributed by atoms with E-state index in [0.717, 1.165) is 0 Å². The number of carbonyl (C=O) groups is 3. The molecule has 8 heteroatoms. The first-order valence-corrected chi connectivity index (χ1v) is 7.98. The van der Waals surface area contributed by atoms with Crippen molar-refractivity contribution in [2.24, 2.45) is 0 Å². The van der Waals surface area contributed by atoms with E-state index >= 15 is 0 Å². The Labute approximate surface area is 131 Å². The van der Waals surface area contributed by atoms with Crippen LogP contribution in [0.3, 0.4) is 0 Å². The number of hydrogen-bond acceptors (Lipinski definition) is 5. The maximum atomic E-state index is 12.4. The molecule has 0 spiro atoms. The third kappa shape index (κ3) is 2.48. The molecule has 0 bridgehead atoms. The predicted octanol–water partition coefficient (Wildman–Crippen LogP) is -0.720. The number of nitrogens with zero attached hydrogens (tertiary/aromatic N) is 2. The van der Waals surface area contributed by atoms with Crippen LogP contribution in [0.2, 0.25) is 0 Å². The van der Waals surface area contributed by atoms with Crippen LogP contribution in [0.15, 0.2) is 17.5 Å². The smallest absolute Gasteiger partial charge is 0.264 e. The van der Waals surface area contributed by atoms with E-state index < -0.39 is 18.2 Å². The molecule has 22 heavy (non-hydrogen) atoms. The van der Waals surface area contributed by atoms with Gasteiger partial charge in [0.05, 0.1) is 17.5 Å². The zero-order chi connectivity index (χ0) is 15.9. The summed E-state index contributed by atoms with van der Waals surface area (Å²) >= 11 is 1.35. The van der Waals surface area contributed by atoms with Crippen LogP contribution in [0.25, 0.3) is 0 Å². The number of aliphatic hydroxyl groups is 1. The van der Waals surface area contributed by atoms with Crippen LogP contribution in [-0.2, 0) is 9.59 Å². The SMILES string of the molecule is C[C@@H](O)[C@@H]1NC(=O)[C@H]2CN(C(=O)c3cccs3)CCN2C1=O. The minimum Gasteiger partial charge on any atom is -0.391 e. The van der Waals surface area contributed by atoms with Crippen LogP contribution in [0.1, 0.15) is 16.6 Å². The number of carbonyl (C=O) groups excluding carboxylic acids is 3. The molecule has 1 aromatic heterocycles. The minimum atomic E-state index is -0.941. The molecular weight excluding hydrogens is 306 g/mol. The van der Waals surface area contributed by atoms with Gasteiger partial charge in [-0.1, -0.05) is 6.07 Å². The van der Waals surface area contributed by atoms with Crippen LogP contribution in [0, 0.1) is 0 Å². The fourth-order valence-corrected chi connectivity index (χ4v) is 3.52. The Morgan fingerprint density at radius 3 is 2.86 bits per heavy atom. The lowest BCUT2D eigenvalue weighted by Crippen LogP contribution is -2.71. The van der Waals surface area contributed by atoms with Crippen molar-refractivity contribution in [1.82, 2.24) is 15.1 Å². The van der Waals surface area contributed by atoms with Crippen molar-refractivity contribution in [2.45, 2.75) is 25.1 Å². The molecule has 7 nitrogen and oxygen atoms in total. The van der Waals surface area contributed by atoms with Crippen molar-refractivity contribution < 1.29 is 19.5 Å². The molecule has 2 fully saturated rings. The molecule has 3 rings (SSSR count). The van der Waals surface area contributed by atoms with E-state index in [0.29, 0.717) is 18.0 Å². The summed E-state index contributed by atoms with van der Waals surface area (Å²) in [5.74, 6) is -0.732. The second-order valence-corrected chi connectivity index (χ2v) is 6.45. The number of fused-ring (bicyclic) bond motifs is 1. The average molecular weight is 323 g/mol. The van der Waals surface area contributed by atoms with Gasteiger partial charge in [0.2, 0.25) is 11.8 Å². The van der Waals surface area contributed by atoms with E-state index in [9.17, 15) is 19.5 Å². The summed E-state index contributed by atoms with van der Waals surface area (Å²) in [5, 5.41) is 14.0. The number of nitrogens with one attached hydrogen (secondary N) is 1. The van der Waals surface area contributed by atoms with Crippen molar-refractivity contribution in [3.05, 3.63) is 22.4 Å². The molecule has 0 radical (unpaired) electrons. The molecule has 3 heterocycles. The lowest BCUT2D eigenvalue weighted by Gasteiger charge is -2.45. The number of amides is 3. The number of rotatable bonds is 2. The van der Waals surface area contributed by atoms with Gasteiger partial charge < -0.3 is 20.2 Å². The standard InChI is InChI=1S/C14H17N3O4S/c1-8(18)11-14(21)17-5-4-16(7-9(17)12(19)15-11)13(20)10-3-2-6-22-10/h2-3,6,8-9,11,18H,4-5,7H2,1H3,(H,15,19)/t8-,9-,11+/m1/s1. The van der Waals surface area contributed by atoms with Gasteiger partial charge in [0.25, 0.3) is 5.91 Å². The fraction of sp³-hybridized carbons (Fsp3) is 0.500. The first kappa shape index (κ1) is 15.0. The summed E-state index contributed by atoms with van der Waals surface area (Å²) in [6.45, 7) is 2.34. The molecule has 3 amide bonds. The van der Waals surface area contributed by atoms with Gasteiger partial charge in [-0.25, -0.2) is 0 Å². The first-order chi connectivity index (χ1) is 10.5. The maximum Gasteiger partial charge on any atom is 0.264 e. The Morgan fingerprint density at radius 2 is 2.23 bits per heavy atom. The van der Waals surface area contributed by atoms with Gasteiger partial charge in [0, 0.05) is 13.1 Å². The molecule has 0 saturated carbocycles. The van der Waals surface area contributed by atoms with Gasteiger partial charge in [-0.3, -0.25) is 14.4 Å². The van der Waals surface area contributed by atoms with Crippen molar-refractivity contribution >= 4 is 29.1 Å². The predicted molar refractivity (Wildman–Crippen MR) is 79.3 cm³/mol. The summed E-state index contributed by atoms with van der Waals surface area (Å²) in [7, 11) is 0. The summed E-state index contributed by atoms with van der Waals surface area (Å²) in [4.78, 5) is 40.5. The highest BCUT2D eigenvalue weighted by atomic mass is 32.1. The summed E-state index contributed by atoms with van der Waals surface area (Å²) < 4.78 is 0. The highest BCUT2D eigenvalue weighted by molar-refractivity contribution is 7.12. The summed E-state index contributed by atoms with van der Waals surface area (Å²) in [6.07, 6.45) is -0.941. The van der Waals surface area contributed by atoms with E-state index in [-0.39, 0.29) is 24.3 Å². The monoisotopic (exact) mass is 323 g/mol. The molecular formula is C14H17N3O4S. The molecule has 2 saturated heterocycles. The highest BCUT2D eigenvalue weighted by Crippen LogP contribution is 2.20. The Morgan fingerprint density at radius 1 is 1.45 bits per heavy atom. The van der Waals surface area contributed by atoms with Gasteiger partial charge in [0.1, 0.15) is 12.1 Å². The van der Waals surface area contributed by atoms with Crippen LogP contribution >= 0.6 is 11.3 Å². The van der Waals surface area contributed by atoms with Crippen LogP contribution in [0.5, 0.6) is 0 Å². The molecule has 0 aromatic carbocycles. The number of thiophene rings is 1. The number of aliphatic hydroxyl groups excluding tert-OH is 1. The van der Waals surface area contributed by atoms with Crippen molar-refractivity contribution in [3.63, 3.8) is 0 Å². The summed E-state index contributed by atoms with van der Waals surface area (Å²) in [6, 6.07) is 1.97. The summed E-state index contributed by atoms with van der Waals surface area (Å²) in [5.41, 5.74) is 0. The minimum absolute atomic E-state index is 0.118. The first-order valence-electron chi connectivity index (χ1n) is 7.10. The molecule has 118 valence electrons. The van der Waals surface area contributed by atoms with Gasteiger partial charge in [-0.2, -0.15) is 0 Å². The zero-order valence-corrected chi connectivity index (χ0v) is 12.9. The van der Waals surface area contributed by atoms with Crippen LogP contribution in [-0.4, -0.2) is 70.4 Å². The fourth-order valence-electron chi connectivity index (χ4n) is 2.83. The number of piperazine rings is 2. The lowest BCUT2D eigenvalue weighted by atomic mass is 10.0. The second-order valence-electron chi connectivity index (χ2n) is 5.50. The highest BCUT2D eigenvalue weighted by Gasteiger charge is 2.45. The van der Waals surface area contributed by atoms with Crippen molar-refractivity contribution in [3.8, 4) is 0 Å². The second kappa shape index (κ2) is 5.69. The molecule has 1 aromatic rings. The molecule has 2 aliphatic rings. The largest absolute Gasteiger partial charge is 0.391 e.